The fourth-order valence-electron chi connectivity index (χ4n) is 3.78. The minimum atomic E-state index is -3.70. The highest BCUT2D eigenvalue weighted by molar-refractivity contribution is 7.91. The molecule has 1 fully saturated rings. The highest BCUT2D eigenvalue weighted by Crippen LogP contribution is 2.39. The van der Waals surface area contributed by atoms with Crippen molar-refractivity contribution in [2.45, 2.75) is 43.5 Å². The molecule has 2 aromatic carbocycles. The van der Waals surface area contributed by atoms with Crippen molar-refractivity contribution in [1.82, 2.24) is 0 Å². The number of carbonyl (C=O) groups is 2. The van der Waals surface area contributed by atoms with Crippen LogP contribution in [-0.4, -0.2) is 32.0 Å². The van der Waals surface area contributed by atoms with E-state index in [4.69, 9.17) is 0 Å². The molecule has 4 rings (SSSR count). The van der Waals surface area contributed by atoms with E-state index in [2.05, 4.69) is 5.32 Å². The molecule has 8 heteroatoms. The van der Waals surface area contributed by atoms with Gasteiger partial charge in [-0.15, -0.1) is 0 Å². The number of nitrogens with one attached hydrogen (secondary N) is 1. The zero-order valence-corrected chi connectivity index (χ0v) is 17.4. The summed E-state index contributed by atoms with van der Waals surface area (Å²) in [4.78, 5) is 26.5. The van der Waals surface area contributed by atoms with Gasteiger partial charge in [0.05, 0.1) is 16.3 Å². The van der Waals surface area contributed by atoms with Gasteiger partial charge in [0.2, 0.25) is 11.8 Å². The summed E-state index contributed by atoms with van der Waals surface area (Å²) < 4.78 is 39.1. The second-order valence-corrected chi connectivity index (χ2v) is 10.0. The van der Waals surface area contributed by atoms with Crippen LogP contribution in [0.4, 0.5) is 15.8 Å². The zero-order valence-electron chi connectivity index (χ0n) is 16.6. The Kier molecular flexibility index (Phi) is 5.36. The van der Waals surface area contributed by atoms with Crippen LogP contribution in [0.1, 0.15) is 31.7 Å². The minimum absolute atomic E-state index is 0.00222. The molecule has 158 valence electrons. The fourth-order valence-corrected chi connectivity index (χ4v) is 5.07. The lowest BCUT2D eigenvalue weighted by molar-refractivity contribution is -0.120. The average molecular weight is 431 g/mol. The van der Waals surface area contributed by atoms with Gasteiger partial charge in [-0.1, -0.05) is 12.1 Å². The van der Waals surface area contributed by atoms with Crippen LogP contribution in [0.5, 0.6) is 0 Å². The van der Waals surface area contributed by atoms with Crippen LogP contribution < -0.4 is 10.2 Å². The second-order valence-electron chi connectivity index (χ2n) is 7.92. The molecule has 0 radical (unpaired) electrons. The molecule has 2 aliphatic rings. The van der Waals surface area contributed by atoms with E-state index in [9.17, 15) is 22.4 Å². The van der Waals surface area contributed by atoms with Gasteiger partial charge in [0.25, 0.3) is 0 Å². The third-order valence-corrected chi connectivity index (χ3v) is 7.25. The number of hydrogen-bond donors (Lipinski definition) is 1. The number of sulfone groups is 1. The first-order valence-corrected chi connectivity index (χ1v) is 11.6. The van der Waals surface area contributed by atoms with Gasteiger partial charge in [-0.05, 0) is 62.1 Å². The van der Waals surface area contributed by atoms with E-state index in [1.54, 1.807) is 23.1 Å². The van der Waals surface area contributed by atoms with Crippen LogP contribution in [0.15, 0.2) is 47.4 Å². The predicted octanol–water partition coefficient (Wildman–Crippen LogP) is 3.32. The van der Waals surface area contributed by atoms with E-state index in [1.807, 2.05) is 6.92 Å². The maximum absolute atomic E-state index is 13.6. The molecule has 0 bridgehead atoms. The number of benzene rings is 2. The standard InChI is InChI=1S/C22H23FN2O4S/c1-14-12-16-13-17(8-9-20(16)25(14)22(27)15-6-7-15)30(28,29)11-10-21(26)24-19-5-3-2-4-18(19)23/h2-5,8-9,13-15H,6-7,10-12H2,1H3,(H,24,26)/t14-/m0/s1. The topological polar surface area (TPSA) is 83.6 Å². The third kappa shape index (κ3) is 4.09. The van der Waals surface area contributed by atoms with Gasteiger partial charge in [-0.25, -0.2) is 12.8 Å². The monoisotopic (exact) mass is 430 g/mol. The van der Waals surface area contributed by atoms with Gasteiger partial charge < -0.3 is 10.2 Å². The van der Waals surface area contributed by atoms with E-state index in [-0.39, 0.29) is 40.6 Å². The van der Waals surface area contributed by atoms with E-state index in [1.165, 1.54) is 24.3 Å². The van der Waals surface area contributed by atoms with Crippen LogP contribution in [-0.2, 0) is 25.8 Å². The molecule has 1 saturated carbocycles. The van der Waals surface area contributed by atoms with Crippen LogP contribution in [0.2, 0.25) is 0 Å². The maximum Gasteiger partial charge on any atom is 0.230 e. The number of amides is 2. The second kappa shape index (κ2) is 7.83. The number of hydrogen-bond acceptors (Lipinski definition) is 4. The minimum Gasteiger partial charge on any atom is -0.324 e. The Morgan fingerprint density at radius 1 is 1.17 bits per heavy atom. The van der Waals surface area contributed by atoms with Crippen LogP contribution in [0.3, 0.4) is 0 Å². The van der Waals surface area contributed by atoms with Crippen molar-refractivity contribution < 1.29 is 22.4 Å². The SMILES string of the molecule is C[C@H]1Cc2cc(S(=O)(=O)CCC(=O)Nc3ccccc3F)ccc2N1C(=O)C1CC1. The normalized spacial score (nSPS) is 18.2. The molecular formula is C22H23FN2O4S. The molecule has 6 nitrogen and oxygen atoms in total. The summed E-state index contributed by atoms with van der Waals surface area (Å²) in [5.74, 6) is -1.32. The van der Waals surface area contributed by atoms with Crippen LogP contribution in [0, 0.1) is 11.7 Å². The highest BCUT2D eigenvalue weighted by Gasteiger charge is 2.39. The largest absolute Gasteiger partial charge is 0.324 e. The van der Waals surface area contributed by atoms with Crippen molar-refractivity contribution in [2.75, 3.05) is 16.0 Å². The number of carbonyl (C=O) groups excluding carboxylic acids is 2. The maximum atomic E-state index is 13.6. The summed E-state index contributed by atoms with van der Waals surface area (Å²) in [5.41, 5.74) is 1.62. The summed E-state index contributed by atoms with van der Waals surface area (Å²) in [7, 11) is -3.70. The lowest BCUT2D eigenvalue weighted by atomic mass is 10.1. The Bertz CT molecular complexity index is 1110. The van der Waals surface area contributed by atoms with Gasteiger partial charge in [-0.3, -0.25) is 9.59 Å². The van der Waals surface area contributed by atoms with E-state index < -0.39 is 21.6 Å². The lowest BCUT2D eigenvalue weighted by Crippen LogP contribution is -2.36. The van der Waals surface area contributed by atoms with Crippen molar-refractivity contribution in [1.29, 1.82) is 0 Å². The Labute approximate surface area is 175 Å². The first-order valence-electron chi connectivity index (χ1n) is 9.99. The molecule has 1 heterocycles. The number of halogens is 1. The predicted molar refractivity (Wildman–Crippen MR) is 112 cm³/mol. The summed E-state index contributed by atoms with van der Waals surface area (Å²) >= 11 is 0. The van der Waals surface area contributed by atoms with E-state index >= 15 is 0 Å². The molecule has 1 aliphatic heterocycles. The summed E-state index contributed by atoms with van der Waals surface area (Å²) in [6.07, 6.45) is 2.15. The van der Waals surface area contributed by atoms with Crippen LogP contribution in [0.25, 0.3) is 0 Å². The van der Waals surface area contributed by atoms with Crippen molar-refractivity contribution in [3.05, 3.63) is 53.8 Å². The number of fused-ring (bicyclic) bond motifs is 1. The van der Waals surface area contributed by atoms with Crippen molar-refractivity contribution >= 4 is 33.0 Å². The molecule has 2 amide bonds. The van der Waals surface area contributed by atoms with Gasteiger partial charge in [0.1, 0.15) is 5.82 Å². The Morgan fingerprint density at radius 2 is 1.90 bits per heavy atom. The number of rotatable bonds is 6. The average Bonchev–Trinajstić information content (AvgIpc) is 3.50. The smallest absolute Gasteiger partial charge is 0.230 e. The quantitative estimate of drug-likeness (QED) is 0.762. The fraction of sp³-hybridized carbons (Fsp3) is 0.364. The lowest BCUT2D eigenvalue weighted by Gasteiger charge is -2.22. The molecule has 1 aliphatic carbocycles. The number of para-hydroxylation sites is 1. The highest BCUT2D eigenvalue weighted by atomic mass is 32.2. The van der Waals surface area contributed by atoms with Crippen LogP contribution >= 0.6 is 0 Å². The van der Waals surface area contributed by atoms with Crippen molar-refractivity contribution in [3.63, 3.8) is 0 Å². The van der Waals surface area contributed by atoms with Crippen molar-refractivity contribution in [3.8, 4) is 0 Å². The Morgan fingerprint density at radius 3 is 2.60 bits per heavy atom. The molecule has 0 saturated heterocycles. The Balaban J connectivity index is 1.45. The summed E-state index contributed by atoms with van der Waals surface area (Å²) in [6, 6.07) is 10.5. The molecule has 0 aromatic heterocycles. The molecule has 1 N–H and O–H groups in total. The first kappa shape index (κ1) is 20.5. The molecular weight excluding hydrogens is 407 g/mol. The zero-order chi connectivity index (χ0) is 21.5. The summed E-state index contributed by atoms with van der Waals surface area (Å²) in [6.45, 7) is 1.96. The Hall–Kier alpha value is -2.74. The van der Waals surface area contributed by atoms with Gasteiger partial charge in [0, 0.05) is 24.1 Å². The molecule has 0 unspecified atom stereocenters. The first-order chi connectivity index (χ1) is 14.3. The van der Waals surface area contributed by atoms with Crippen molar-refractivity contribution in [2.24, 2.45) is 5.92 Å². The number of anilines is 2. The molecule has 1 atom stereocenters. The van der Waals surface area contributed by atoms with E-state index in [0.29, 0.717) is 6.42 Å². The van der Waals surface area contributed by atoms with Gasteiger partial charge >= 0.3 is 0 Å². The van der Waals surface area contributed by atoms with Gasteiger partial charge in [-0.2, -0.15) is 0 Å². The molecule has 30 heavy (non-hydrogen) atoms. The van der Waals surface area contributed by atoms with Gasteiger partial charge in [0.15, 0.2) is 9.84 Å². The van der Waals surface area contributed by atoms with E-state index in [0.717, 1.165) is 24.1 Å². The molecule has 2 aromatic rings. The summed E-state index contributed by atoms with van der Waals surface area (Å²) in [5, 5.41) is 2.39. The number of nitrogens with zero attached hydrogens (tertiary/aromatic N) is 1. The third-order valence-electron chi connectivity index (χ3n) is 5.54. The molecule has 0 spiro atoms.